The quantitative estimate of drug-likeness (QED) is 0.713. The molecule has 0 bridgehead atoms. The molecule has 20 heavy (non-hydrogen) atoms. The number of nitriles is 1. The van der Waals surface area contributed by atoms with E-state index in [-0.39, 0.29) is 5.56 Å². The number of aromatic carboxylic acids is 1. The summed E-state index contributed by atoms with van der Waals surface area (Å²) in [4.78, 5) is 11.0. The van der Waals surface area contributed by atoms with Crippen LogP contribution in [-0.4, -0.2) is 11.1 Å². The summed E-state index contributed by atoms with van der Waals surface area (Å²) in [7, 11) is 0. The molecule has 0 aliphatic rings. The van der Waals surface area contributed by atoms with E-state index < -0.39 is 5.97 Å². The zero-order chi connectivity index (χ0) is 14.7. The highest BCUT2D eigenvalue weighted by Gasteiger charge is 2.12. The topological polar surface area (TPSA) is 70.3 Å². The molecule has 0 unspecified atom stereocenters. The van der Waals surface area contributed by atoms with Crippen LogP contribution < -0.4 is 4.74 Å². The molecule has 0 aliphatic carbocycles. The second kappa shape index (κ2) is 6.24. The Morgan fingerprint density at radius 1 is 1.30 bits per heavy atom. The Labute approximate surface area is 137 Å². The summed E-state index contributed by atoms with van der Waals surface area (Å²) >= 11 is 5.33. The van der Waals surface area contributed by atoms with E-state index in [0.29, 0.717) is 21.5 Å². The standard InChI is InChI=1S/C14H7BrINO3/c15-10-2-1-3-12(9(10)7-17)20-13-6-8(14(18)19)4-5-11(13)16/h1-6H,(H,18,19). The van der Waals surface area contributed by atoms with Crippen molar-refractivity contribution in [2.45, 2.75) is 0 Å². The average molecular weight is 444 g/mol. The van der Waals surface area contributed by atoms with Gasteiger partial charge < -0.3 is 9.84 Å². The second-order valence-corrected chi connectivity index (χ2v) is 5.79. The number of carboxylic acid groups (broad SMARTS) is 1. The maximum atomic E-state index is 11.0. The zero-order valence-electron chi connectivity index (χ0n) is 9.93. The molecule has 6 heteroatoms. The van der Waals surface area contributed by atoms with Gasteiger partial charge in [-0.05, 0) is 68.9 Å². The third-order valence-electron chi connectivity index (χ3n) is 2.49. The third-order valence-corrected chi connectivity index (χ3v) is 4.04. The molecule has 0 saturated carbocycles. The highest BCUT2D eigenvalue weighted by Crippen LogP contribution is 2.32. The van der Waals surface area contributed by atoms with Gasteiger partial charge in [-0.25, -0.2) is 4.79 Å². The van der Waals surface area contributed by atoms with Gasteiger partial charge in [-0.2, -0.15) is 5.26 Å². The molecule has 1 N–H and O–H groups in total. The Balaban J connectivity index is 2.45. The Bertz CT molecular complexity index is 725. The largest absolute Gasteiger partial charge is 0.478 e. The van der Waals surface area contributed by atoms with E-state index >= 15 is 0 Å². The molecule has 0 amide bonds. The first-order chi connectivity index (χ1) is 9.52. The Kier molecular flexibility index (Phi) is 4.62. The van der Waals surface area contributed by atoms with E-state index in [0.717, 1.165) is 3.57 Å². The first-order valence-corrected chi connectivity index (χ1v) is 7.29. The van der Waals surface area contributed by atoms with Gasteiger partial charge in [-0.3, -0.25) is 0 Å². The van der Waals surface area contributed by atoms with Gasteiger partial charge in [0.15, 0.2) is 0 Å². The minimum atomic E-state index is -1.03. The maximum absolute atomic E-state index is 11.0. The molecule has 0 aromatic heterocycles. The van der Waals surface area contributed by atoms with Crippen molar-refractivity contribution in [3.63, 3.8) is 0 Å². The number of halogens is 2. The van der Waals surface area contributed by atoms with E-state index in [9.17, 15) is 4.79 Å². The number of rotatable bonds is 3. The summed E-state index contributed by atoms with van der Waals surface area (Å²) in [5.74, 6) is -0.247. The Hall–Kier alpha value is -1.59. The Morgan fingerprint density at radius 3 is 2.70 bits per heavy atom. The second-order valence-electron chi connectivity index (χ2n) is 3.78. The lowest BCUT2D eigenvalue weighted by atomic mass is 10.2. The predicted octanol–water partition coefficient (Wildman–Crippen LogP) is 4.42. The van der Waals surface area contributed by atoms with E-state index in [2.05, 4.69) is 22.0 Å². The Morgan fingerprint density at radius 2 is 2.05 bits per heavy atom. The molecule has 4 nitrogen and oxygen atoms in total. The van der Waals surface area contributed by atoms with Gasteiger partial charge in [0.05, 0.1) is 9.13 Å². The number of hydrogen-bond acceptors (Lipinski definition) is 3. The van der Waals surface area contributed by atoms with Crippen LogP contribution in [-0.2, 0) is 0 Å². The number of nitrogens with zero attached hydrogens (tertiary/aromatic N) is 1. The minimum absolute atomic E-state index is 0.133. The van der Waals surface area contributed by atoms with Crippen LogP contribution >= 0.6 is 38.5 Å². The fourth-order valence-corrected chi connectivity index (χ4v) is 2.41. The monoisotopic (exact) mass is 443 g/mol. The van der Waals surface area contributed by atoms with Crippen molar-refractivity contribution in [1.82, 2.24) is 0 Å². The van der Waals surface area contributed by atoms with Crippen molar-refractivity contribution < 1.29 is 14.6 Å². The van der Waals surface area contributed by atoms with Crippen LogP contribution in [0.4, 0.5) is 0 Å². The molecule has 0 fully saturated rings. The SMILES string of the molecule is N#Cc1c(Br)cccc1Oc1cc(C(=O)O)ccc1I. The zero-order valence-corrected chi connectivity index (χ0v) is 13.7. The van der Waals surface area contributed by atoms with E-state index in [4.69, 9.17) is 15.1 Å². The van der Waals surface area contributed by atoms with Crippen LogP contribution in [0.5, 0.6) is 11.5 Å². The lowest BCUT2D eigenvalue weighted by molar-refractivity contribution is 0.0696. The van der Waals surface area contributed by atoms with Gasteiger partial charge in [0.2, 0.25) is 0 Å². The molecule has 0 atom stereocenters. The van der Waals surface area contributed by atoms with Crippen molar-refractivity contribution in [2.24, 2.45) is 0 Å². The van der Waals surface area contributed by atoms with Crippen LogP contribution in [0, 0.1) is 14.9 Å². The fraction of sp³-hybridized carbons (Fsp3) is 0. The van der Waals surface area contributed by atoms with Gasteiger partial charge >= 0.3 is 5.97 Å². The first kappa shape index (κ1) is 14.8. The fourth-order valence-electron chi connectivity index (χ4n) is 1.53. The number of carboxylic acids is 1. The van der Waals surface area contributed by atoms with Crippen molar-refractivity contribution in [2.75, 3.05) is 0 Å². The molecular weight excluding hydrogens is 437 g/mol. The van der Waals surface area contributed by atoms with Gasteiger partial charge in [0, 0.05) is 4.47 Å². The van der Waals surface area contributed by atoms with Crippen LogP contribution in [0.2, 0.25) is 0 Å². The normalized spacial score (nSPS) is 9.85. The smallest absolute Gasteiger partial charge is 0.335 e. The van der Waals surface area contributed by atoms with Crippen molar-refractivity contribution >= 4 is 44.5 Å². The number of ether oxygens (including phenoxy) is 1. The van der Waals surface area contributed by atoms with Gasteiger partial charge in [0.1, 0.15) is 23.1 Å². The van der Waals surface area contributed by atoms with Gasteiger partial charge in [0.25, 0.3) is 0 Å². The highest BCUT2D eigenvalue weighted by molar-refractivity contribution is 14.1. The van der Waals surface area contributed by atoms with Crippen LogP contribution in [0.1, 0.15) is 15.9 Å². The van der Waals surface area contributed by atoms with Crippen LogP contribution in [0.25, 0.3) is 0 Å². The van der Waals surface area contributed by atoms with Crippen molar-refractivity contribution in [3.05, 3.63) is 55.6 Å². The van der Waals surface area contributed by atoms with Gasteiger partial charge in [-0.15, -0.1) is 0 Å². The van der Waals surface area contributed by atoms with Crippen molar-refractivity contribution in [3.8, 4) is 17.6 Å². The molecule has 0 saturated heterocycles. The lowest BCUT2D eigenvalue weighted by Crippen LogP contribution is -1.98. The summed E-state index contributed by atoms with van der Waals surface area (Å²) in [6.07, 6.45) is 0. The van der Waals surface area contributed by atoms with E-state index in [1.165, 1.54) is 12.1 Å². The maximum Gasteiger partial charge on any atom is 0.335 e. The van der Waals surface area contributed by atoms with Crippen molar-refractivity contribution in [1.29, 1.82) is 5.26 Å². The molecule has 0 heterocycles. The molecule has 0 spiro atoms. The van der Waals surface area contributed by atoms with Gasteiger partial charge in [-0.1, -0.05) is 6.07 Å². The molecule has 0 aliphatic heterocycles. The first-order valence-electron chi connectivity index (χ1n) is 5.42. The average Bonchev–Trinajstić information content (AvgIpc) is 2.41. The van der Waals surface area contributed by atoms with E-state index in [1.54, 1.807) is 24.3 Å². The number of carbonyl (C=O) groups is 1. The molecule has 2 aromatic carbocycles. The predicted molar refractivity (Wildman–Crippen MR) is 85.0 cm³/mol. The summed E-state index contributed by atoms with van der Waals surface area (Å²) in [5, 5.41) is 18.1. The molecule has 2 aromatic rings. The highest BCUT2D eigenvalue weighted by atomic mass is 127. The molecule has 100 valence electrons. The van der Waals surface area contributed by atoms with Crippen LogP contribution in [0.15, 0.2) is 40.9 Å². The summed E-state index contributed by atoms with van der Waals surface area (Å²) < 4.78 is 7.07. The molecule has 0 radical (unpaired) electrons. The van der Waals surface area contributed by atoms with E-state index in [1.807, 2.05) is 22.6 Å². The summed E-state index contributed by atoms with van der Waals surface area (Å²) in [5.41, 5.74) is 0.498. The molecule has 2 rings (SSSR count). The lowest BCUT2D eigenvalue weighted by Gasteiger charge is -2.10. The minimum Gasteiger partial charge on any atom is -0.478 e. The third kappa shape index (κ3) is 3.11. The molecular formula is C14H7BrINO3. The van der Waals surface area contributed by atoms with Crippen LogP contribution in [0.3, 0.4) is 0 Å². The number of benzene rings is 2. The summed E-state index contributed by atoms with van der Waals surface area (Å²) in [6.45, 7) is 0. The number of hydrogen-bond donors (Lipinski definition) is 1. The summed E-state index contributed by atoms with van der Waals surface area (Å²) in [6, 6.07) is 11.8.